The molecule has 1 atom stereocenters. The molecule has 0 bridgehead atoms. The molecule has 1 rings (SSSR count). The van der Waals surface area contributed by atoms with Gasteiger partial charge in [0.2, 0.25) is 5.91 Å². The fourth-order valence-corrected chi connectivity index (χ4v) is 2.00. The molecule has 4 nitrogen and oxygen atoms in total. The molecule has 2 N–H and O–H groups in total. The van der Waals surface area contributed by atoms with Crippen LogP contribution in [0, 0.1) is 11.3 Å². The molecule has 80 valence electrons. The first-order chi connectivity index (χ1) is 6.39. The van der Waals surface area contributed by atoms with Gasteiger partial charge in [0.05, 0.1) is 0 Å². The number of nitrogens with one attached hydrogen (secondary N) is 2. The summed E-state index contributed by atoms with van der Waals surface area (Å²) in [5, 5.41) is 4.98. The third-order valence-electron chi connectivity index (χ3n) is 2.40. The predicted molar refractivity (Wildman–Crippen MR) is 53.7 cm³/mol. The van der Waals surface area contributed by atoms with Gasteiger partial charge >= 0.3 is 6.03 Å². The molecule has 3 amide bonds. The van der Waals surface area contributed by atoms with E-state index in [0.717, 1.165) is 6.42 Å². The lowest BCUT2D eigenvalue weighted by Crippen LogP contribution is -2.40. The van der Waals surface area contributed by atoms with Crippen LogP contribution in [0.4, 0.5) is 4.79 Å². The average Bonchev–Trinajstić information content (AvgIpc) is 2.00. The molecule has 0 aromatic heterocycles. The summed E-state index contributed by atoms with van der Waals surface area (Å²) in [5.41, 5.74) is -0.0319. The Morgan fingerprint density at radius 1 is 1.36 bits per heavy atom. The predicted octanol–water partition coefficient (Wildman–Crippen LogP) is 1.27. The molecule has 1 heterocycles. The summed E-state index contributed by atoms with van der Waals surface area (Å²) in [4.78, 5) is 22.5. The molecular formula is C10H18N2O2. The molecule has 14 heavy (non-hydrogen) atoms. The van der Waals surface area contributed by atoms with Gasteiger partial charge in [-0.05, 0) is 17.8 Å². The van der Waals surface area contributed by atoms with Crippen molar-refractivity contribution >= 4 is 11.9 Å². The SMILES string of the molecule is C[C@H]1CNC(=O)NC(=O)CC(C)(C)C1. The highest BCUT2D eigenvalue weighted by Crippen LogP contribution is 2.29. The van der Waals surface area contributed by atoms with Crippen LogP contribution in [0.5, 0.6) is 0 Å². The Morgan fingerprint density at radius 3 is 2.64 bits per heavy atom. The topological polar surface area (TPSA) is 58.2 Å². The second-order valence-electron chi connectivity index (χ2n) is 4.91. The summed E-state index contributed by atoms with van der Waals surface area (Å²) in [6.07, 6.45) is 1.35. The van der Waals surface area contributed by atoms with Gasteiger partial charge in [-0.3, -0.25) is 10.1 Å². The van der Waals surface area contributed by atoms with E-state index in [2.05, 4.69) is 31.4 Å². The van der Waals surface area contributed by atoms with Crippen molar-refractivity contribution < 1.29 is 9.59 Å². The minimum Gasteiger partial charge on any atom is -0.338 e. The van der Waals surface area contributed by atoms with Crippen LogP contribution in [-0.2, 0) is 4.79 Å². The molecular weight excluding hydrogens is 180 g/mol. The van der Waals surface area contributed by atoms with Crippen LogP contribution in [0.1, 0.15) is 33.6 Å². The number of imide groups is 1. The Bertz CT molecular complexity index is 249. The molecule has 0 aliphatic carbocycles. The van der Waals surface area contributed by atoms with Crippen LogP contribution >= 0.6 is 0 Å². The number of urea groups is 1. The summed E-state index contributed by atoms with van der Waals surface area (Å²) in [7, 11) is 0. The summed E-state index contributed by atoms with van der Waals surface area (Å²) in [6.45, 7) is 6.82. The van der Waals surface area contributed by atoms with Crippen molar-refractivity contribution in [1.82, 2.24) is 10.6 Å². The minimum absolute atomic E-state index is 0.0319. The van der Waals surface area contributed by atoms with E-state index in [1.54, 1.807) is 0 Å². The standard InChI is InChI=1S/C10H18N2O2/c1-7-4-10(2,3)5-8(13)12-9(14)11-6-7/h7H,4-6H2,1-3H3,(H2,11,12,13,14)/t7-/m1/s1. The van der Waals surface area contributed by atoms with E-state index in [1.807, 2.05) is 0 Å². The van der Waals surface area contributed by atoms with Gasteiger partial charge in [0, 0.05) is 13.0 Å². The molecule has 1 saturated heterocycles. The highest BCUT2D eigenvalue weighted by Gasteiger charge is 2.27. The largest absolute Gasteiger partial charge is 0.338 e. The first-order valence-corrected chi connectivity index (χ1v) is 4.97. The first-order valence-electron chi connectivity index (χ1n) is 4.97. The van der Waals surface area contributed by atoms with Gasteiger partial charge in [0.15, 0.2) is 0 Å². The van der Waals surface area contributed by atoms with Gasteiger partial charge in [-0.1, -0.05) is 20.8 Å². The van der Waals surface area contributed by atoms with Crippen molar-refractivity contribution in [2.24, 2.45) is 11.3 Å². The maximum atomic E-state index is 11.3. The molecule has 0 aromatic rings. The Hall–Kier alpha value is -1.06. The second kappa shape index (κ2) is 3.98. The number of amides is 3. The lowest BCUT2D eigenvalue weighted by atomic mass is 9.80. The van der Waals surface area contributed by atoms with Crippen molar-refractivity contribution in [2.75, 3.05) is 6.54 Å². The average molecular weight is 198 g/mol. The monoisotopic (exact) mass is 198 g/mol. The molecule has 0 unspecified atom stereocenters. The molecule has 0 aromatic carbocycles. The molecule has 0 radical (unpaired) electrons. The Kier molecular flexibility index (Phi) is 3.13. The summed E-state index contributed by atoms with van der Waals surface area (Å²) in [6, 6.07) is -0.375. The lowest BCUT2D eigenvalue weighted by molar-refractivity contribution is -0.122. The van der Waals surface area contributed by atoms with Gasteiger partial charge in [-0.15, -0.1) is 0 Å². The van der Waals surface area contributed by atoms with E-state index < -0.39 is 0 Å². The summed E-state index contributed by atoms with van der Waals surface area (Å²) >= 11 is 0. The Morgan fingerprint density at radius 2 is 2.00 bits per heavy atom. The highest BCUT2D eigenvalue weighted by molar-refractivity contribution is 5.94. The van der Waals surface area contributed by atoms with Crippen LogP contribution in [0.2, 0.25) is 0 Å². The molecule has 0 saturated carbocycles. The zero-order chi connectivity index (χ0) is 10.8. The van der Waals surface area contributed by atoms with Crippen LogP contribution in [0.15, 0.2) is 0 Å². The van der Waals surface area contributed by atoms with E-state index in [4.69, 9.17) is 0 Å². The van der Waals surface area contributed by atoms with Crippen molar-refractivity contribution in [3.63, 3.8) is 0 Å². The highest BCUT2D eigenvalue weighted by atomic mass is 16.2. The smallest absolute Gasteiger partial charge is 0.321 e. The maximum Gasteiger partial charge on any atom is 0.321 e. The van der Waals surface area contributed by atoms with Crippen LogP contribution in [-0.4, -0.2) is 18.5 Å². The first kappa shape index (κ1) is 11.0. The lowest BCUT2D eigenvalue weighted by Gasteiger charge is -2.25. The third kappa shape index (κ3) is 3.36. The number of carbonyl (C=O) groups excluding carboxylic acids is 2. The second-order valence-corrected chi connectivity index (χ2v) is 4.91. The third-order valence-corrected chi connectivity index (χ3v) is 2.40. The molecule has 1 aliphatic rings. The van der Waals surface area contributed by atoms with Gasteiger partial charge < -0.3 is 5.32 Å². The van der Waals surface area contributed by atoms with Gasteiger partial charge in [-0.2, -0.15) is 0 Å². The number of carbonyl (C=O) groups is 2. The number of hydrogen-bond donors (Lipinski definition) is 2. The molecule has 4 heteroatoms. The van der Waals surface area contributed by atoms with E-state index in [0.29, 0.717) is 18.9 Å². The zero-order valence-corrected chi connectivity index (χ0v) is 9.02. The van der Waals surface area contributed by atoms with Crippen molar-refractivity contribution in [2.45, 2.75) is 33.6 Å². The quantitative estimate of drug-likeness (QED) is 0.615. The molecule has 0 spiro atoms. The normalized spacial score (nSPS) is 28.1. The van der Waals surface area contributed by atoms with E-state index >= 15 is 0 Å². The van der Waals surface area contributed by atoms with Crippen LogP contribution < -0.4 is 10.6 Å². The summed E-state index contributed by atoms with van der Waals surface area (Å²) < 4.78 is 0. The minimum atomic E-state index is -0.375. The molecule has 1 aliphatic heterocycles. The number of hydrogen-bond acceptors (Lipinski definition) is 2. The molecule has 1 fully saturated rings. The van der Waals surface area contributed by atoms with Crippen LogP contribution in [0.25, 0.3) is 0 Å². The fourth-order valence-electron chi connectivity index (χ4n) is 2.00. The van der Waals surface area contributed by atoms with E-state index in [-0.39, 0.29) is 17.4 Å². The van der Waals surface area contributed by atoms with Gasteiger partial charge in [0.25, 0.3) is 0 Å². The van der Waals surface area contributed by atoms with Crippen molar-refractivity contribution in [1.29, 1.82) is 0 Å². The van der Waals surface area contributed by atoms with Crippen LogP contribution in [0.3, 0.4) is 0 Å². The van der Waals surface area contributed by atoms with Crippen molar-refractivity contribution in [3.05, 3.63) is 0 Å². The van der Waals surface area contributed by atoms with Gasteiger partial charge in [0.1, 0.15) is 0 Å². The Labute approximate surface area is 84.4 Å². The number of rotatable bonds is 0. The maximum absolute atomic E-state index is 11.3. The van der Waals surface area contributed by atoms with Crippen molar-refractivity contribution in [3.8, 4) is 0 Å². The van der Waals surface area contributed by atoms with E-state index in [9.17, 15) is 9.59 Å². The van der Waals surface area contributed by atoms with E-state index in [1.165, 1.54) is 0 Å². The Balaban J connectivity index is 2.71. The summed E-state index contributed by atoms with van der Waals surface area (Å²) in [5.74, 6) is 0.211. The fraction of sp³-hybridized carbons (Fsp3) is 0.800. The zero-order valence-electron chi connectivity index (χ0n) is 9.02. The van der Waals surface area contributed by atoms with Gasteiger partial charge in [-0.25, -0.2) is 4.79 Å².